The first kappa shape index (κ1) is 24.2. The fraction of sp³-hybridized carbons (Fsp3) is 0.200. The molecule has 2 N–H and O–H groups in total. The minimum absolute atomic E-state index is 0.0568. The van der Waals surface area contributed by atoms with Gasteiger partial charge in [-0.3, -0.25) is 9.59 Å². The van der Waals surface area contributed by atoms with E-state index in [1.807, 2.05) is 49.5 Å². The lowest BCUT2D eigenvalue weighted by Crippen LogP contribution is -2.31. The van der Waals surface area contributed by atoms with Gasteiger partial charge in [0.05, 0.1) is 25.3 Å². The molecule has 188 valence electrons. The molecule has 1 amide bonds. The van der Waals surface area contributed by atoms with Crippen LogP contribution in [0.15, 0.2) is 84.6 Å². The van der Waals surface area contributed by atoms with Gasteiger partial charge in [-0.15, -0.1) is 0 Å². The molecule has 1 aromatic heterocycles. The van der Waals surface area contributed by atoms with Crippen LogP contribution in [0.3, 0.4) is 0 Å². The first-order valence-electron chi connectivity index (χ1n) is 12.2. The largest absolute Gasteiger partial charge is 0.507 e. The highest BCUT2D eigenvalue weighted by Crippen LogP contribution is 2.40. The van der Waals surface area contributed by atoms with Crippen molar-refractivity contribution in [1.29, 1.82) is 0 Å². The van der Waals surface area contributed by atoms with E-state index in [1.54, 1.807) is 48.4 Å². The maximum atomic E-state index is 13.3. The molecule has 5 rings (SSSR count). The molecule has 4 aromatic rings. The van der Waals surface area contributed by atoms with Gasteiger partial charge in [-0.2, -0.15) is 0 Å². The van der Waals surface area contributed by atoms with Crippen LogP contribution in [0.5, 0.6) is 11.5 Å². The van der Waals surface area contributed by atoms with Crippen LogP contribution >= 0.6 is 0 Å². The van der Waals surface area contributed by atoms with Crippen molar-refractivity contribution in [3.63, 3.8) is 0 Å². The number of carbonyl (C=O) groups is 2. The number of carbonyl (C=O) groups excluding carboxylic acids is 2. The summed E-state index contributed by atoms with van der Waals surface area (Å²) in [6.07, 6.45) is 2.47. The molecule has 0 radical (unpaired) electrons. The molecule has 1 aliphatic rings. The van der Waals surface area contributed by atoms with Gasteiger partial charge in [0.25, 0.3) is 11.7 Å². The molecule has 0 aliphatic carbocycles. The van der Waals surface area contributed by atoms with Crippen LogP contribution in [0.1, 0.15) is 29.7 Å². The first-order chi connectivity index (χ1) is 18.0. The smallest absolute Gasteiger partial charge is 0.295 e. The van der Waals surface area contributed by atoms with E-state index in [9.17, 15) is 14.7 Å². The van der Waals surface area contributed by atoms with Gasteiger partial charge in [0.2, 0.25) is 0 Å². The summed E-state index contributed by atoms with van der Waals surface area (Å²) in [5.74, 6) is -0.314. The van der Waals surface area contributed by atoms with E-state index in [1.165, 1.54) is 0 Å². The number of ether oxygens (including phenoxy) is 2. The molecule has 0 spiro atoms. The number of benzene rings is 3. The second-order valence-electron chi connectivity index (χ2n) is 8.84. The molecule has 2 heterocycles. The number of hydrogen-bond acceptors (Lipinski definition) is 5. The van der Waals surface area contributed by atoms with E-state index in [2.05, 4.69) is 4.98 Å². The molecule has 1 saturated heterocycles. The Balaban J connectivity index is 1.55. The van der Waals surface area contributed by atoms with Gasteiger partial charge in [0.15, 0.2) is 0 Å². The highest BCUT2D eigenvalue weighted by atomic mass is 16.5. The number of hydrogen-bond donors (Lipinski definition) is 2. The summed E-state index contributed by atoms with van der Waals surface area (Å²) < 4.78 is 10.9. The number of aliphatic hydroxyl groups excluding tert-OH is 1. The van der Waals surface area contributed by atoms with Gasteiger partial charge >= 0.3 is 0 Å². The number of aliphatic hydroxyl groups is 1. The third-order valence-electron chi connectivity index (χ3n) is 6.69. The Morgan fingerprint density at radius 3 is 2.54 bits per heavy atom. The van der Waals surface area contributed by atoms with E-state index < -0.39 is 17.7 Å². The van der Waals surface area contributed by atoms with Crippen LogP contribution in [0.25, 0.3) is 16.7 Å². The molecule has 1 atom stereocenters. The zero-order chi connectivity index (χ0) is 25.9. The minimum Gasteiger partial charge on any atom is -0.507 e. The van der Waals surface area contributed by atoms with E-state index in [0.29, 0.717) is 42.2 Å². The number of para-hydroxylation sites is 1. The van der Waals surface area contributed by atoms with Crippen molar-refractivity contribution in [2.75, 3.05) is 20.3 Å². The predicted octanol–water partition coefficient (Wildman–Crippen LogP) is 5.24. The highest BCUT2D eigenvalue weighted by Gasteiger charge is 2.46. The lowest BCUT2D eigenvalue weighted by molar-refractivity contribution is -0.139. The van der Waals surface area contributed by atoms with Crippen LogP contribution in [0.4, 0.5) is 0 Å². The lowest BCUT2D eigenvalue weighted by Gasteiger charge is -2.25. The maximum absolute atomic E-state index is 13.3. The van der Waals surface area contributed by atoms with Gasteiger partial charge in [0.1, 0.15) is 17.3 Å². The van der Waals surface area contributed by atoms with E-state index in [4.69, 9.17) is 9.47 Å². The van der Waals surface area contributed by atoms with Crippen LogP contribution in [-0.2, 0) is 16.0 Å². The van der Waals surface area contributed by atoms with Crippen molar-refractivity contribution in [3.05, 3.63) is 101 Å². The molecular weight excluding hydrogens is 468 g/mol. The van der Waals surface area contributed by atoms with Crippen molar-refractivity contribution in [1.82, 2.24) is 9.88 Å². The fourth-order valence-corrected chi connectivity index (χ4v) is 4.88. The third kappa shape index (κ3) is 4.56. The lowest BCUT2D eigenvalue weighted by atomic mass is 9.95. The summed E-state index contributed by atoms with van der Waals surface area (Å²) in [5, 5.41) is 12.4. The van der Waals surface area contributed by atoms with Crippen molar-refractivity contribution in [2.45, 2.75) is 19.4 Å². The number of aromatic nitrogens is 1. The quantitative estimate of drug-likeness (QED) is 0.198. The average molecular weight is 497 g/mol. The molecule has 1 aliphatic heterocycles. The van der Waals surface area contributed by atoms with Crippen LogP contribution in [0, 0.1) is 0 Å². The highest BCUT2D eigenvalue weighted by molar-refractivity contribution is 6.46. The van der Waals surface area contributed by atoms with Gasteiger partial charge in [-0.25, -0.2) is 0 Å². The van der Waals surface area contributed by atoms with Gasteiger partial charge < -0.3 is 24.5 Å². The number of aromatic amines is 1. The number of rotatable bonds is 8. The summed E-state index contributed by atoms with van der Waals surface area (Å²) in [6, 6.07) is 21.3. The zero-order valence-corrected chi connectivity index (χ0v) is 20.7. The molecule has 0 unspecified atom stereocenters. The number of H-pyrrole nitrogens is 1. The number of methoxy groups -OCH3 is 1. The summed E-state index contributed by atoms with van der Waals surface area (Å²) in [6.45, 7) is 2.71. The first-order valence-corrected chi connectivity index (χ1v) is 12.2. The second-order valence-corrected chi connectivity index (χ2v) is 8.84. The Hall–Kier alpha value is -4.52. The average Bonchev–Trinajstić information content (AvgIpc) is 3.46. The molecular formula is C30H28N2O5. The number of amides is 1. The normalized spacial score (nSPS) is 16.9. The summed E-state index contributed by atoms with van der Waals surface area (Å²) in [7, 11) is 1.56. The fourth-order valence-electron chi connectivity index (χ4n) is 4.88. The Morgan fingerprint density at radius 2 is 1.78 bits per heavy atom. The van der Waals surface area contributed by atoms with E-state index >= 15 is 0 Å². The van der Waals surface area contributed by atoms with Crippen LogP contribution in [-0.4, -0.2) is 46.9 Å². The maximum Gasteiger partial charge on any atom is 0.295 e. The Morgan fingerprint density at radius 1 is 1.00 bits per heavy atom. The molecule has 7 heteroatoms. The van der Waals surface area contributed by atoms with Gasteiger partial charge in [0, 0.05) is 29.2 Å². The van der Waals surface area contributed by atoms with Gasteiger partial charge in [-0.05, 0) is 66.9 Å². The van der Waals surface area contributed by atoms with Crippen molar-refractivity contribution < 1.29 is 24.2 Å². The second kappa shape index (κ2) is 10.2. The number of ketones is 1. The zero-order valence-electron chi connectivity index (χ0n) is 20.7. The summed E-state index contributed by atoms with van der Waals surface area (Å²) in [5.41, 5.74) is 3.24. The molecule has 7 nitrogen and oxygen atoms in total. The van der Waals surface area contributed by atoms with Crippen LogP contribution < -0.4 is 9.47 Å². The number of Topliss-reactive ketones (excluding diaryl/α,β-unsaturated/α-hetero) is 1. The van der Waals surface area contributed by atoms with Crippen molar-refractivity contribution in [3.8, 4) is 11.5 Å². The predicted molar refractivity (Wildman–Crippen MR) is 142 cm³/mol. The Bertz CT molecular complexity index is 1490. The van der Waals surface area contributed by atoms with Crippen molar-refractivity contribution >= 4 is 28.4 Å². The molecule has 3 aromatic carbocycles. The van der Waals surface area contributed by atoms with Crippen molar-refractivity contribution in [2.24, 2.45) is 0 Å². The monoisotopic (exact) mass is 496 g/mol. The third-order valence-corrected chi connectivity index (χ3v) is 6.69. The Kier molecular flexibility index (Phi) is 6.68. The van der Waals surface area contributed by atoms with E-state index in [-0.39, 0.29) is 11.3 Å². The molecule has 1 fully saturated rings. The van der Waals surface area contributed by atoms with E-state index in [0.717, 1.165) is 16.5 Å². The number of fused-ring (bicyclic) bond motifs is 1. The molecule has 37 heavy (non-hydrogen) atoms. The molecule has 0 saturated carbocycles. The molecule has 0 bridgehead atoms. The van der Waals surface area contributed by atoms with Gasteiger partial charge in [-0.1, -0.05) is 30.3 Å². The summed E-state index contributed by atoms with van der Waals surface area (Å²) in [4.78, 5) is 31.5. The Labute approximate surface area is 214 Å². The number of nitrogens with one attached hydrogen (secondary N) is 1. The SMILES string of the molecule is CCOc1ccc(C(O)=C2C(=O)C(=O)N(CCc3c[nH]c4ccccc34)[C@H]2c2cccc(OC)c2)cc1. The topological polar surface area (TPSA) is 91.9 Å². The summed E-state index contributed by atoms with van der Waals surface area (Å²) >= 11 is 0. The minimum atomic E-state index is -0.758. The standard InChI is InChI=1S/C30H28N2O5/c1-3-37-22-13-11-19(12-14-22)28(33)26-27(20-7-6-8-23(17-20)36-2)32(30(35)29(26)34)16-15-21-18-31-25-10-5-4-9-24(21)25/h4-14,17-18,27,31,33H,3,15-16H2,1-2H3/t27-/m0/s1. The number of likely N-dealkylation sites (tertiary alicyclic amines) is 1. The number of nitrogens with zero attached hydrogens (tertiary/aromatic N) is 1. The van der Waals surface area contributed by atoms with Crippen LogP contribution in [0.2, 0.25) is 0 Å².